The lowest BCUT2D eigenvalue weighted by molar-refractivity contribution is 0.415. The molecule has 0 radical (unpaired) electrons. The number of rotatable bonds is 4. The minimum atomic E-state index is -0.0698. The molecule has 0 saturated heterocycles. The Morgan fingerprint density at radius 3 is 2.17 bits per heavy atom. The molecular weight excluding hydrogens is 292 g/mol. The number of hydrogen-bond donors (Lipinski definition) is 0. The summed E-state index contributed by atoms with van der Waals surface area (Å²) < 4.78 is 5.71. The molecule has 0 atom stereocenters. The van der Waals surface area contributed by atoms with Gasteiger partial charge in [-0.2, -0.15) is 0 Å². The molecule has 0 aliphatic carbocycles. The second-order valence-electron chi connectivity index (χ2n) is 6.78. The van der Waals surface area contributed by atoms with Gasteiger partial charge in [-0.3, -0.25) is 0 Å². The van der Waals surface area contributed by atoms with Crippen molar-refractivity contribution in [1.82, 2.24) is 0 Å². The average Bonchev–Trinajstić information content (AvgIpc) is 2.62. The zero-order chi connectivity index (χ0) is 17.2. The maximum atomic E-state index is 5.71. The molecule has 3 rings (SSSR count). The van der Waals surface area contributed by atoms with Crippen LogP contribution in [0.4, 0.5) is 0 Å². The van der Waals surface area contributed by atoms with Crippen LogP contribution in [0.3, 0.4) is 0 Å². The van der Waals surface area contributed by atoms with E-state index in [1.54, 1.807) is 7.11 Å². The van der Waals surface area contributed by atoms with Crippen LogP contribution in [0.2, 0.25) is 0 Å². The zero-order valence-electron chi connectivity index (χ0n) is 14.8. The van der Waals surface area contributed by atoms with Crippen molar-refractivity contribution in [2.45, 2.75) is 26.2 Å². The topological polar surface area (TPSA) is 9.23 Å². The molecule has 0 amide bonds. The largest absolute Gasteiger partial charge is 0.496 e. The predicted molar refractivity (Wildman–Crippen MR) is 102 cm³/mol. The third kappa shape index (κ3) is 3.07. The van der Waals surface area contributed by atoms with E-state index in [0.717, 1.165) is 11.3 Å². The fourth-order valence-corrected chi connectivity index (χ4v) is 3.15. The molecule has 0 unspecified atom stereocenters. The number of ether oxygens (including phenoxy) is 1. The molecule has 3 aromatic carbocycles. The van der Waals surface area contributed by atoms with E-state index in [2.05, 4.69) is 93.6 Å². The highest BCUT2D eigenvalue weighted by Crippen LogP contribution is 2.37. The summed E-state index contributed by atoms with van der Waals surface area (Å²) in [7, 11) is 1.74. The van der Waals surface area contributed by atoms with Gasteiger partial charge in [-0.25, -0.2) is 0 Å². The van der Waals surface area contributed by atoms with E-state index in [-0.39, 0.29) is 5.41 Å². The highest BCUT2D eigenvalue weighted by molar-refractivity contribution is 5.72. The highest BCUT2D eigenvalue weighted by Gasteiger charge is 2.24. The average molecular weight is 316 g/mol. The summed E-state index contributed by atoms with van der Waals surface area (Å²) in [4.78, 5) is 0. The zero-order valence-corrected chi connectivity index (χ0v) is 14.8. The van der Waals surface area contributed by atoms with Crippen molar-refractivity contribution in [3.05, 3.63) is 89.5 Å². The second-order valence-corrected chi connectivity index (χ2v) is 6.78. The molecule has 0 bridgehead atoms. The molecule has 0 saturated carbocycles. The Bertz CT molecular complexity index is 832. The highest BCUT2D eigenvalue weighted by atomic mass is 16.5. The van der Waals surface area contributed by atoms with Crippen molar-refractivity contribution >= 4 is 0 Å². The summed E-state index contributed by atoms with van der Waals surface area (Å²) in [6.45, 7) is 6.62. The van der Waals surface area contributed by atoms with Crippen molar-refractivity contribution in [2.75, 3.05) is 7.11 Å². The van der Waals surface area contributed by atoms with Crippen LogP contribution >= 0.6 is 0 Å². The van der Waals surface area contributed by atoms with Crippen LogP contribution in [0, 0.1) is 6.92 Å². The fraction of sp³-hybridized carbons (Fsp3) is 0.217. The monoisotopic (exact) mass is 316 g/mol. The summed E-state index contributed by atoms with van der Waals surface area (Å²) in [5.41, 5.74) is 6.06. The van der Waals surface area contributed by atoms with Crippen molar-refractivity contribution < 1.29 is 4.74 Å². The molecule has 0 aliphatic rings. The van der Waals surface area contributed by atoms with Crippen LogP contribution in [0.25, 0.3) is 11.1 Å². The Kier molecular flexibility index (Phi) is 4.44. The predicted octanol–water partition coefficient (Wildman–Crippen LogP) is 6.00. The fourth-order valence-electron chi connectivity index (χ4n) is 3.15. The van der Waals surface area contributed by atoms with E-state index in [1.165, 1.54) is 22.3 Å². The van der Waals surface area contributed by atoms with Crippen LogP contribution in [0.15, 0.2) is 72.8 Å². The van der Waals surface area contributed by atoms with Gasteiger partial charge in [-0.15, -0.1) is 0 Å². The Morgan fingerprint density at radius 1 is 0.750 bits per heavy atom. The van der Waals surface area contributed by atoms with E-state index in [0.29, 0.717) is 0 Å². The summed E-state index contributed by atoms with van der Waals surface area (Å²) in [5, 5.41) is 0. The van der Waals surface area contributed by atoms with Crippen LogP contribution in [-0.2, 0) is 5.41 Å². The van der Waals surface area contributed by atoms with E-state index >= 15 is 0 Å². The normalized spacial score (nSPS) is 11.3. The van der Waals surface area contributed by atoms with E-state index < -0.39 is 0 Å². The summed E-state index contributed by atoms with van der Waals surface area (Å²) in [6, 6.07) is 25.7. The van der Waals surface area contributed by atoms with Gasteiger partial charge in [-0.05, 0) is 29.7 Å². The number of benzene rings is 3. The minimum absolute atomic E-state index is 0.0698. The van der Waals surface area contributed by atoms with Crippen LogP contribution in [0.5, 0.6) is 5.75 Å². The molecule has 0 N–H and O–H groups in total. The molecule has 0 aliphatic heterocycles. The molecule has 1 nitrogen and oxygen atoms in total. The molecule has 1 heteroatoms. The smallest absolute Gasteiger partial charge is 0.126 e. The molecule has 0 spiro atoms. The minimum Gasteiger partial charge on any atom is -0.496 e. The van der Waals surface area contributed by atoms with E-state index in [1.807, 2.05) is 0 Å². The Hall–Kier alpha value is -2.54. The molecule has 0 fully saturated rings. The first-order valence-electron chi connectivity index (χ1n) is 8.33. The lowest BCUT2D eigenvalue weighted by Crippen LogP contribution is -2.18. The van der Waals surface area contributed by atoms with Gasteiger partial charge < -0.3 is 4.74 Å². The van der Waals surface area contributed by atoms with Gasteiger partial charge in [-0.1, -0.05) is 86.1 Å². The molecule has 24 heavy (non-hydrogen) atoms. The third-order valence-electron chi connectivity index (χ3n) is 4.75. The quantitative estimate of drug-likeness (QED) is 0.574. The first-order valence-corrected chi connectivity index (χ1v) is 8.33. The Balaban J connectivity index is 2.07. The van der Waals surface area contributed by atoms with E-state index in [4.69, 9.17) is 4.74 Å². The summed E-state index contributed by atoms with van der Waals surface area (Å²) in [5.74, 6) is 0.919. The maximum absolute atomic E-state index is 5.71. The van der Waals surface area contributed by atoms with Crippen LogP contribution in [-0.4, -0.2) is 7.11 Å². The molecule has 0 aromatic heterocycles. The number of hydrogen-bond acceptors (Lipinski definition) is 1. The maximum Gasteiger partial charge on any atom is 0.126 e. The van der Waals surface area contributed by atoms with Gasteiger partial charge in [0.2, 0.25) is 0 Å². The summed E-state index contributed by atoms with van der Waals surface area (Å²) in [6.07, 6.45) is 0. The van der Waals surface area contributed by atoms with Gasteiger partial charge in [0.1, 0.15) is 5.75 Å². The Labute approximate surface area is 144 Å². The first-order chi connectivity index (χ1) is 11.5. The molecule has 3 aromatic rings. The third-order valence-corrected chi connectivity index (χ3v) is 4.75. The van der Waals surface area contributed by atoms with Crippen LogP contribution in [0.1, 0.15) is 30.5 Å². The van der Waals surface area contributed by atoms with Crippen molar-refractivity contribution in [2.24, 2.45) is 0 Å². The van der Waals surface area contributed by atoms with Crippen molar-refractivity contribution in [3.63, 3.8) is 0 Å². The number of aryl methyl sites for hydroxylation is 1. The Morgan fingerprint density at radius 2 is 1.50 bits per heavy atom. The van der Waals surface area contributed by atoms with Crippen LogP contribution < -0.4 is 4.74 Å². The van der Waals surface area contributed by atoms with Gasteiger partial charge >= 0.3 is 0 Å². The van der Waals surface area contributed by atoms with Gasteiger partial charge in [0, 0.05) is 11.0 Å². The second kappa shape index (κ2) is 6.52. The SMILES string of the molecule is COc1cc(C(C)(C)c2ccccc2)ccc1-c1cccc(C)c1. The molecular formula is C23H24O. The lowest BCUT2D eigenvalue weighted by atomic mass is 9.77. The van der Waals surface area contributed by atoms with E-state index in [9.17, 15) is 0 Å². The number of methoxy groups -OCH3 is 1. The standard InChI is InChI=1S/C23H24O/c1-17-9-8-10-18(15-17)21-14-13-20(16-22(21)24-4)23(2,3)19-11-6-5-7-12-19/h5-16H,1-4H3. The lowest BCUT2D eigenvalue weighted by Gasteiger charge is -2.27. The first kappa shape index (κ1) is 16.3. The molecule has 122 valence electrons. The van der Waals surface area contributed by atoms with Gasteiger partial charge in [0.05, 0.1) is 7.11 Å². The van der Waals surface area contributed by atoms with Crippen molar-refractivity contribution in [3.8, 4) is 16.9 Å². The van der Waals surface area contributed by atoms with Crippen molar-refractivity contribution in [1.29, 1.82) is 0 Å². The van der Waals surface area contributed by atoms with Gasteiger partial charge in [0.15, 0.2) is 0 Å². The summed E-state index contributed by atoms with van der Waals surface area (Å²) >= 11 is 0. The molecule has 0 heterocycles. The van der Waals surface area contributed by atoms with Gasteiger partial charge in [0.25, 0.3) is 0 Å².